The summed E-state index contributed by atoms with van der Waals surface area (Å²) >= 11 is 0. The van der Waals surface area contributed by atoms with Crippen LogP contribution < -0.4 is 5.32 Å². The van der Waals surface area contributed by atoms with Crippen molar-refractivity contribution in [3.8, 4) is 0 Å². The number of hydrogen-bond acceptors (Lipinski definition) is 4. The molecular weight excluding hydrogens is 266 g/mol. The van der Waals surface area contributed by atoms with Crippen LogP contribution in [0.4, 0.5) is 0 Å². The molecule has 0 aliphatic heterocycles. The van der Waals surface area contributed by atoms with Gasteiger partial charge in [0.15, 0.2) is 5.78 Å². The number of Topliss-reactive ketones (excluding diaryl/α,β-unsaturated/α-hetero) is 1. The van der Waals surface area contributed by atoms with Gasteiger partial charge in [-0.05, 0) is 45.4 Å². The molecule has 0 saturated heterocycles. The van der Waals surface area contributed by atoms with E-state index in [0.29, 0.717) is 25.5 Å². The monoisotopic (exact) mass is 293 g/mol. The Hall–Kier alpha value is -0.900. The second-order valence-corrected chi connectivity index (χ2v) is 6.96. The van der Waals surface area contributed by atoms with Crippen LogP contribution in [0.3, 0.4) is 0 Å². The molecule has 1 N–H and O–H groups in total. The summed E-state index contributed by atoms with van der Waals surface area (Å²) in [6.07, 6.45) is 9.57. The summed E-state index contributed by atoms with van der Waals surface area (Å²) in [4.78, 5) is 25.0. The first-order valence-electron chi connectivity index (χ1n) is 8.65. The van der Waals surface area contributed by atoms with Crippen LogP contribution in [0.2, 0.25) is 0 Å². The first-order valence-corrected chi connectivity index (χ1v) is 8.65. The Kier molecular flexibility index (Phi) is 4.34. The molecule has 21 heavy (non-hydrogen) atoms. The quantitative estimate of drug-likeness (QED) is 0.639. The molecule has 3 rings (SSSR count). The third kappa shape index (κ3) is 2.63. The van der Waals surface area contributed by atoms with Crippen molar-refractivity contribution in [3.05, 3.63) is 0 Å². The molecule has 3 unspecified atom stereocenters. The molecule has 3 atom stereocenters. The van der Waals surface area contributed by atoms with Crippen LogP contribution in [-0.2, 0) is 14.3 Å². The van der Waals surface area contributed by atoms with Crippen LogP contribution in [0.15, 0.2) is 0 Å². The van der Waals surface area contributed by atoms with Gasteiger partial charge in [0, 0.05) is 18.0 Å². The number of esters is 1. The lowest BCUT2D eigenvalue weighted by molar-refractivity contribution is -0.161. The van der Waals surface area contributed by atoms with Gasteiger partial charge in [-0.25, -0.2) is 0 Å². The Labute approximate surface area is 127 Å². The van der Waals surface area contributed by atoms with Crippen molar-refractivity contribution in [2.75, 3.05) is 6.61 Å². The van der Waals surface area contributed by atoms with E-state index in [0.717, 1.165) is 12.8 Å². The summed E-state index contributed by atoms with van der Waals surface area (Å²) in [7, 11) is 0. The average Bonchev–Trinajstić information content (AvgIpc) is 2.71. The number of ether oxygens (including phenoxy) is 1. The maximum atomic E-state index is 12.7. The van der Waals surface area contributed by atoms with E-state index < -0.39 is 5.41 Å². The summed E-state index contributed by atoms with van der Waals surface area (Å²) in [5.74, 6) is -0.0841. The minimum atomic E-state index is -0.800. The summed E-state index contributed by atoms with van der Waals surface area (Å²) in [6.45, 7) is 2.17. The highest BCUT2D eigenvalue weighted by Gasteiger charge is 2.58. The molecule has 4 heteroatoms. The van der Waals surface area contributed by atoms with E-state index in [1.54, 1.807) is 0 Å². The van der Waals surface area contributed by atoms with Crippen molar-refractivity contribution < 1.29 is 14.3 Å². The van der Waals surface area contributed by atoms with Crippen molar-refractivity contribution in [3.63, 3.8) is 0 Å². The number of hydrogen-bond donors (Lipinski definition) is 1. The lowest BCUT2D eigenvalue weighted by Crippen LogP contribution is -2.52. The van der Waals surface area contributed by atoms with Gasteiger partial charge in [-0.1, -0.05) is 19.3 Å². The smallest absolute Gasteiger partial charge is 0.319 e. The molecule has 3 aliphatic rings. The third-order valence-electron chi connectivity index (χ3n) is 5.78. The van der Waals surface area contributed by atoms with Crippen molar-refractivity contribution >= 4 is 11.8 Å². The van der Waals surface area contributed by atoms with Gasteiger partial charge in [-0.2, -0.15) is 0 Å². The predicted molar refractivity (Wildman–Crippen MR) is 79.8 cm³/mol. The predicted octanol–water partition coefficient (Wildman–Crippen LogP) is 2.60. The minimum absolute atomic E-state index is 0.0325. The maximum absolute atomic E-state index is 12.7. The Balaban J connectivity index is 1.65. The maximum Gasteiger partial charge on any atom is 0.319 e. The fraction of sp³-hybridized carbons (Fsp3) is 0.882. The Bertz CT molecular complexity index is 416. The van der Waals surface area contributed by atoms with Crippen molar-refractivity contribution in [2.45, 2.75) is 76.8 Å². The highest BCUT2D eigenvalue weighted by atomic mass is 16.5. The summed E-state index contributed by atoms with van der Waals surface area (Å²) in [5, 5.41) is 3.73. The molecule has 118 valence electrons. The molecule has 0 aromatic heterocycles. The molecule has 4 nitrogen and oxygen atoms in total. The first kappa shape index (κ1) is 15.0. The van der Waals surface area contributed by atoms with Crippen LogP contribution in [0.5, 0.6) is 0 Å². The van der Waals surface area contributed by atoms with Gasteiger partial charge >= 0.3 is 5.97 Å². The molecule has 0 spiro atoms. The highest BCUT2D eigenvalue weighted by molar-refractivity contribution is 6.07. The van der Waals surface area contributed by atoms with E-state index in [-0.39, 0.29) is 23.7 Å². The van der Waals surface area contributed by atoms with Crippen molar-refractivity contribution in [2.24, 2.45) is 11.3 Å². The van der Waals surface area contributed by atoms with Crippen LogP contribution in [0.1, 0.15) is 64.7 Å². The van der Waals surface area contributed by atoms with Gasteiger partial charge in [0.25, 0.3) is 0 Å². The number of carbonyl (C=O) groups excluding carboxylic acids is 2. The normalized spacial score (nSPS) is 36.7. The first-order chi connectivity index (χ1) is 10.2. The van der Waals surface area contributed by atoms with Crippen LogP contribution in [-0.4, -0.2) is 30.4 Å². The summed E-state index contributed by atoms with van der Waals surface area (Å²) in [6, 6.07) is 0.859. The zero-order valence-corrected chi connectivity index (χ0v) is 13.0. The SMILES string of the molecule is CCOC(=O)C12CCC(NC3CCCCC3)C(CC1)C2=O. The second kappa shape index (κ2) is 6.07. The Morgan fingerprint density at radius 1 is 1.19 bits per heavy atom. The molecule has 0 heterocycles. The molecule has 3 fully saturated rings. The number of rotatable bonds is 4. The van der Waals surface area contributed by atoms with Crippen LogP contribution in [0.25, 0.3) is 0 Å². The topological polar surface area (TPSA) is 55.4 Å². The zero-order chi connectivity index (χ0) is 14.9. The van der Waals surface area contributed by atoms with E-state index in [1.165, 1.54) is 32.1 Å². The van der Waals surface area contributed by atoms with Gasteiger partial charge in [0.1, 0.15) is 5.41 Å². The molecule has 3 aliphatic carbocycles. The fourth-order valence-corrected chi connectivity index (χ4v) is 4.59. The van der Waals surface area contributed by atoms with Gasteiger partial charge in [-0.3, -0.25) is 9.59 Å². The van der Waals surface area contributed by atoms with Gasteiger partial charge in [0.05, 0.1) is 6.61 Å². The fourth-order valence-electron chi connectivity index (χ4n) is 4.59. The summed E-state index contributed by atoms with van der Waals surface area (Å²) in [5.41, 5.74) is -0.800. The van der Waals surface area contributed by atoms with Crippen molar-refractivity contribution in [1.29, 1.82) is 0 Å². The lowest BCUT2D eigenvalue weighted by atomic mass is 9.72. The molecule has 0 radical (unpaired) electrons. The van der Waals surface area contributed by atoms with Gasteiger partial charge in [-0.15, -0.1) is 0 Å². The third-order valence-corrected chi connectivity index (χ3v) is 5.78. The summed E-state index contributed by atoms with van der Waals surface area (Å²) < 4.78 is 5.18. The van der Waals surface area contributed by atoms with E-state index in [1.807, 2.05) is 6.92 Å². The van der Waals surface area contributed by atoms with E-state index in [2.05, 4.69) is 5.32 Å². The number of fused-ring (bicyclic) bond motifs is 2. The zero-order valence-electron chi connectivity index (χ0n) is 13.0. The average molecular weight is 293 g/mol. The molecule has 3 saturated carbocycles. The number of ketones is 1. The second-order valence-electron chi connectivity index (χ2n) is 6.96. The number of carbonyl (C=O) groups is 2. The van der Waals surface area contributed by atoms with E-state index in [9.17, 15) is 9.59 Å². The lowest BCUT2D eigenvalue weighted by Gasteiger charge is -2.37. The van der Waals surface area contributed by atoms with Gasteiger partial charge < -0.3 is 10.1 Å². The van der Waals surface area contributed by atoms with E-state index >= 15 is 0 Å². The highest BCUT2D eigenvalue weighted by Crippen LogP contribution is 2.49. The van der Waals surface area contributed by atoms with Crippen LogP contribution >= 0.6 is 0 Å². The Morgan fingerprint density at radius 3 is 2.62 bits per heavy atom. The molecule has 2 bridgehead atoms. The van der Waals surface area contributed by atoms with Crippen LogP contribution in [0, 0.1) is 11.3 Å². The Morgan fingerprint density at radius 2 is 1.90 bits per heavy atom. The molecular formula is C17H27NO3. The molecule has 0 aromatic rings. The van der Waals surface area contributed by atoms with E-state index in [4.69, 9.17) is 4.74 Å². The molecule has 0 amide bonds. The number of nitrogens with one attached hydrogen (secondary N) is 1. The standard InChI is InChI=1S/C17H27NO3/c1-2-21-16(20)17-10-8-13(15(17)19)14(9-11-17)18-12-6-4-3-5-7-12/h12-14,18H,2-11H2,1H3. The minimum Gasteiger partial charge on any atom is -0.465 e. The molecule has 0 aromatic carbocycles. The van der Waals surface area contributed by atoms with Gasteiger partial charge in [0.2, 0.25) is 0 Å². The largest absolute Gasteiger partial charge is 0.465 e. The van der Waals surface area contributed by atoms with Crippen molar-refractivity contribution in [1.82, 2.24) is 5.32 Å².